The first kappa shape index (κ1) is 19.6. The van der Waals surface area contributed by atoms with Crippen LogP contribution in [0.5, 0.6) is 0 Å². The molecule has 1 aliphatic heterocycles. The van der Waals surface area contributed by atoms with Gasteiger partial charge in [-0.25, -0.2) is 4.68 Å². The predicted octanol–water partition coefficient (Wildman–Crippen LogP) is 4.49. The van der Waals surface area contributed by atoms with E-state index in [1.807, 2.05) is 0 Å². The lowest BCUT2D eigenvalue weighted by atomic mass is 9.85. The number of fused-ring (bicyclic) bond motifs is 1. The molecular formula is C20H23N5O3S. The summed E-state index contributed by atoms with van der Waals surface area (Å²) in [7, 11) is 0. The van der Waals surface area contributed by atoms with E-state index in [-0.39, 0.29) is 11.5 Å². The fourth-order valence-electron chi connectivity index (χ4n) is 3.80. The smallest absolute Gasteiger partial charge is 0.269 e. The van der Waals surface area contributed by atoms with Gasteiger partial charge >= 0.3 is 0 Å². The molecule has 0 amide bonds. The van der Waals surface area contributed by atoms with E-state index in [0.29, 0.717) is 23.1 Å². The third-order valence-electron chi connectivity index (χ3n) is 5.25. The molecule has 0 fully saturated rings. The van der Waals surface area contributed by atoms with Gasteiger partial charge < -0.3 is 5.32 Å². The Labute approximate surface area is 172 Å². The number of carbonyl (C=O) groups excluding carboxylic acids is 1. The summed E-state index contributed by atoms with van der Waals surface area (Å²) in [6.45, 7) is 2.17. The van der Waals surface area contributed by atoms with Gasteiger partial charge in [0.25, 0.3) is 5.69 Å². The molecule has 152 valence electrons. The molecule has 2 heterocycles. The number of benzene rings is 1. The van der Waals surface area contributed by atoms with E-state index in [9.17, 15) is 14.9 Å². The quantitative estimate of drug-likeness (QED) is 0.309. The van der Waals surface area contributed by atoms with Crippen LogP contribution in [-0.2, 0) is 4.79 Å². The van der Waals surface area contributed by atoms with Crippen LogP contribution in [0.4, 0.5) is 11.6 Å². The van der Waals surface area contributed by atoms with Gasteiger partial charge in [-0.1, -0.05) is 31.5 Å². The van der Waals surface area contributed by atoms with Crippen LogP contribution < -0.4 is 5.32 Å². The van der Waals surface area contributed by atoms with Gasteiger partial charge in [-0.15, -0.1) is 5.10 Å². The van der Waals surface area contributed by atoms with E-state index in [4.69, 9.17) is 0 Å². The van der Waals surface area contributed by atoms with Crippen LogP contribution in [0.15, 0.2) is 40.7 Å². The summed E-state index contributed by atoms with van der Waals surface area (Å²) in [5, 5.41) is 19.7. The third kappa shape index (κ3) is 3.91. The number of non-ortho nitro benzene ring substituents is 1. The minimum absolute atomic E-state index is 0.0258. The van der Waals surface area contributed by atoms with E-state index in [2.05, 4.69) is 22.3 Å². The van der Waals surface area contributed by atoms with Crippen LogP contribution in [0.2, 0.25) is 0 Å². The minimum Gasteiger partial charge on any atom is -0.328 e. The molecule has 1 aromatic carbocycles. The van der Waals surface area contributed by atoms with Gasteiger partial charge in [0.1, 0.15) is 6.04 Å². The number of unbranched alkanes of at least 4 members (excludes halogenated alkanes) is 2. The zero-order valence-electron chi connectivity index (χ0n) is 16.3. The Bertz CT molecular complexity index is 967. The molecule has 29 heavy (non-hydrogen) atoms. The average Bonchev–Trinajstić information content (AvgIpc) is 3.12. The number of nitro benzene ring substituents is 1. The molecule has 1 N–H and O–H groups in total. The summed E-state index contributed by atoms with van der Waals surface area (Å²) < 4.78 is 1.76. The lowest BCUT2D eigenvalue weighted by molar-refractivity contribution is -0.384. The number of allylic oxidation sites excluding steroid dienone is 2. The van der Waals surface area contributed by atoms with Gasteiger partial charge in [-0.05, 0) is 37.0 Å². The Morgan fingerprint density at radius 1 is 1.28 bits per heavy atom. The minimum atomic E-state index is -0.422. The maximum atomic E-state index is 12.8. The highest BCUT2D eigenvalue weighted by atomic mass is 32.2. The molecule has 4 rings (SSSR count). The number of thioether (sulfide) groups is 1. The number of nitrogens with zero attached hydrogens (tertiary/aromatic N) is 4. The van der Waals surface area contributed by atoms with Crippen LogP contribution in [0.3, 0.4) is 0 Å². The maximum absolute atomic E-state index is 12.8. The monoisotopic (exact) mass is 413 g/mol. The molecule has 1 aliphatic carbocycles. The van der Waals surface area contributed by atoms with Crippen LogP contribution in [0.25, 0.3) is 0 Å². The number of nitrogens with one attached hydrogen (secondary N) is 1. The van der Waals surface area contributed by atoms with Gasteiger partial charge in [-0.2, -0.15) is 4.98 Å². The molecule has 0 spiro atoms. The number of nitro groups is 1. The van der Waals surface area contributed by atoms with Crippen LogP contribution in [0.1, 0.15) is 57.1 Å². The number of ketones is 1. The lowest BCUT2D eigenvalue weighted by Crippen LogP contribution is -2.31. The summed E-state index contributed by atoms with van der Waals surface area (Å²) in [6.07, 6.45) is 5.55. The SMILES string of the molecule is CCCCCSc1nc2n(n1)C(c1ccc([N+](=O)[O-])cc1)C1=C(CCCC1=O)N2. The van der Waals surface area contributed by atoms with Gasteiger partial charge in [0.05, 0.1) is 4.92 Å². The molecule has 0 saturated heterocycles. The standard InChI is InChI=1S/C20H23N5O3S/c1-2-3-4-12-29-20-22-19-21-15-6-5-7-16(26)17(15)18(24(19)23-20)13-8-10-14(11-9-13)25(27)28/h8-11,18H,2-7,12H2,1H3,(H,21,22,23). The maximum Gasteiger partial charge on any atom is 0.269 e. The highest BCUT2D eigenvalue weighted by Crippen LogP contribution is 2.40. The zero-order valence-corrected chi connectivity index (χ0v) is 17.1. The van der Waals surface area contributed by atoms with Crippen LogP contribution >= 0.6 is 11.8 Å². The normalized spacial score (nSPS) is 18.2. The van der Waals surface area contributed by atoms with Crippen molar-refractivity contribution >= 4 is 29.2 Å². The highest BCUT2D eigenvalue weighted by Gasteiger charge is 2.36. The van der Waals surface area contributed by atoms with Crippen LogP contribution in [-0.4, -0.2) is 31.2 Å². The Hall–Kier alpha value is -2.68. The molecule has 1 atom stereocenters. The van der Waals surface area contributed by atoms with Crippen molar-refractivity contribution in [1.82, 2.24) is 14.8 Å². The lowest BCUT2D eigenvalue weighted by Gasteiger charge is -2.32. The van der Waals surface area contributed by atoms with Crippen molar-refractivity contribution in [2.45, 2.75) is 56.6 Å². The Morgan fingerprint density at radius 2 is 2.07 bits per heavy atom. The number of hydrogen-bond acceptors (Lipinski definition) is 7. The highest BCUT2D eigenvalue weighted by molar-refractivity contribution is 7.99. The summed E-state index contributed by atoms with van der Waals surface area (Å²) in [6, 6.07) is 5.96. The molecular weight excluding hydrogens is 390 g/mol. The van der Waals surface area contributed by atoms with Crippen molar-refractivity contribution < 1.29 is 9.72 Å². The van der Waals surface area contributed by atoms with Gasteiger partial charge in [0, 0.05) is 35.6 Å². The molecule has 2 aromatic rings. The molecule has 0 saturated carbocycles. The average molecular weight is 414 g/mol. The second-order valence-electron chi connectivity index (χ2n) is 7.26. The van der Waals surface area contributed by atoms with Gasteiger partial charge in [0.15, 0.2) is 5.78 Å². The molecule has 0 bridgehead atoms. The second kappa shape index (κ2) is 8.36. The van der Waals surface area contributed by atoms with Crippen molar-refractivity contribution in [3.63, 3.8) is 0 Å². The number of aromatic nitrogens is 3. The van der Waals surface area contributed by atoms with E-state index in [0.717, 1.165) is 42.7 Å². The molecule has 1 aromatic heterocycles. The molecule has 9 heteroatoms. The first-order chi connectivity index (χ1) is 14.1. The Morgan fingerprint density at radius 3 is 2.79 bits per heavy atom. The van der Waals surface area contributed by atoms with Crippen LogP contribution in [0, 0.1) is 10.1 Å². The molecule has 1 unspecified atom stereocenters. The summed E-state index contributed by atoms with van der Waals surface area (Å²) in [4.78, 5) is 28.0. The first-order valence-corrected chi connectivity index (χ1v) is 10.9. The summed E-state index contributed by atoms with van der Waals surface area (Å²) >= 11 is 1.62. The molecule has 0 radical (unpaired) electrons. The largest absolute Gasteiger partial charge is 0.328 e. The number of anilines is 1. The van der Waals surface area contributed by atoms with E-state index >= 15 is 0 Å². The van der Waals surface area contributed by atoms with E-state index < -0.39 is 11.0 Å². The number of hydrogen-bond donors (Lipinski definition) is 1. The van der Waals surface area contributed by atoms with Gasteiger partial charge in [-0.3, -0.25) is 14.9 Å². The zero-order chi connectivity index (χ0) is 20.4. The van der Waals surface area contributed by atoms with Crippen molar-refractivity contribution in [3.05, 3.63) is 51.2 Å². The molecule has 8 nitrogen and oxygen atoms in total. The summed E-state index contributed by atoms with van der Waals surface area (Å²) in [5.41, 5.74) is 2.42. The predicted molar refractivity (Wildman–Crippen MR) is 111 cm³/mol. The Kier molecular flexibility index (Phi) is 5.66. The van der Waals surface area contributed by atoms with Crippen molar-refractivity contribution in [1.29, 1.82) is 0 Å². The fourth-order valence-corrected chi connectivity index (χ4v) is 4.63. The second-order valence-corrected chi connectivity index (χ2v) is 8.33. The van der Waals surface area contributed by atoms with Crippen molar-refractivity contribution in [3.8, 4) is 0 Å². The number of rotatable bonds is 7. The van der Waals surface area contributed by atoms with E-state index in [1.54, 1.807) is 28.6 Å². The number of Topliss-reactive ketones (excluding diaryl/α,β-unsaturated/α-hetero) is 1. The topological polar surface area (TPSA) is 103 Å². The third-order valence-corrected chi connectivity index (χ3v) is 6.17. The fraction of sp³-hybridized carbons (Fsp3) is 0.450. The first-order valence-electron chi connectivity index (χ1n) is 9.95. The number of carbonyl (C=O) groups is 1. The van der Waals surface area contributed by atoms with Gasteiger partial charge in [0.2, 0.25) is 11.1 Å². The van der Waals surface area contributed by atoms with Crippen molar-refractivity contribution in [2.75, 3.05) is 11.1 Å². The summed E-state index contributed by atoms with van der Waals surface area (Å²) in [5.74, 6) is 1.67. The Balaban J connectivity index is 1.70. The van der Waals surface area contributed by atoms with E-state index in [1.165, 1.54) is 18.6 Å². The van der Waals surface area contributed by atoms with Crippen molar-refractivity contribution in [2.24, 2.45) is 0 Å². The molecule has 2 aliphatic rings.